The van der Waals surface area contributed by atoms with Crippen LogP contribution in [0.1, 0.15) is 41.5 Å². The third-order valence-electron chi connectivity index (χ3n) is 4.07. The molecule has 0 saturated carbocycles. The Hall–Kier alpha value is 0.137. The second kappa shape index (κ2) is 3.61. The van der Waals surface area contributed by atoms with Gasteiger partial charge < -0.3 is 8.85 Å². The molecule has 0 aromatic heterocycles. The van der Waals surface area contributed by atoms with E-state index in [0.29, 0.717) is 5.41 Å². The highest BCUT2D eigenvalue weighted by Gasteiger charge is 2.70. The van der Waals surface area contributed by atoms with Crippen molar-refractivity contribution in [3.8, 4) is 0 Å². The molecule has 0 aliphatic carbocycles. The highest BCUT2D eigenvalue weighted by molar-refractivity contribution is 6.74. The van der Waals surface area contributed by atoms with E-state index in [0.717, 1.165) is 19.3 Å². The van der Waals surface area contributed by atoms with Gasteiger partial charge >= 0.3 is 8.56 Å². The molecule has 1 aliphatic heterocycles. The van der Waals surface area contributed by atoms with Crippen LogP contribution < -0.4 is 0 Å². The molecular formula is C11H24O2Si. The van der Waals surface area contributed by atoms with E-state index in [1.807, 2.05) is 0 Å². The Kier molecular flexibility index (Phi) is 3.15. The lowest BCUT2D eigenvalue weighted by molar-refractivity contribution is 0.0592. The number of hydrogen-bond acceptors (Lipinski definition) is 2. The average molecular weight is 216 g/mol. The Balaban J connectivity index is 2.83. The van der Waals surface area contributed by atoms with Crippen LogP contribution in [-0.2, 0) is 8.85 Å². The molecule has 2 nitrogen and oxygen atoms in total. The first-order chi connectivity index (χ1) is 6.33. The maximum Gasteiger partial charge on any atom is 0.345 e. The molecule has 0 amide bonds. The van der Waals surface area contributed by atoms with E-state index in [1.165, 1.54) is 0 Å². The summed E-state index contributed by atoms with van der Waals surface area (Å²) in [5, 5.41) is 0.228. The van der Waals surface area contributed by atoms with Crippen LogP contribution in [0.15, 0.2) is 0 Å². The first-order valence-electron chi connectivity index (χ1n) is 5.61. The smallest absolute Gasteiger partial charge is 0.345 e. The molecule has 1 rings (SSSR count). The fraction of sp³-hybridized carbons (Fsp3) is 1.00. The van der Waals surface area contributed by atoms with E-state index < -0.39 is 8.56 Å². The lowest BCUT2D eigenvalue weighted by atomic mass is 9.80. The van der Waals surface area contributed by atoms with Gasteiger partial charge in [-0.2, -0.15) is 0 Å². The van der Waals surface area contributed by atoms with E-state index in [2.05, 4.69) is 41.5 Å². The van der Waals surface area contributed by atoms with Gasteiger partial charge in [-0.1, -0.05) is 27.7 Å². The quantitative estimate of drug-likeness (QED) is 0.671. The van der Waals surface area contributed by atoms with Crippen molar-refractivity contribution < 1.29 is 8.85 Å². The van der Waals surface area contributed by atoms with Crippen molar-refractivity contribution >= 4 is 8.56 Å². The summed E-state index contributed by atoms with van der Waals surface area (Å²) in [6, 6.07) is 1.13. The standard InChI is InChI=1S/C11H24O2Si/c1-7-12-14(13-8-2)9-10(3,4)11(14,5)6/h7-9H2,1-6H3. The lowest BCUT2D eigenvalue weighted by Crippen LogP contribution is -2.68. The molecule has 3 heteroatoms. The Bertz CT molecular complexity index is 205. The van der Waals surface area contributed by atoms with E-state index in [-0.39, 0.29) is 5.04 Å². The molecule has 14 heavy (non-hydrogen) atoms. The predicted octanol–water partition coefficient (Wildman–Crippen LogP) is 3.32. The molecular weight excluding hydrogens is 192 g/mol. The van der Waals surface area contributed by atoms with Gasteiger partial charge in [-0.05, 0) is 25.3 Å². The van der Waals surface area contributed by atoms with Crippen LogP contribution >= 0.6 is 0 Å². The van der Waals surface area contributed by atoms with Crippen molar-refractivity contribution in [2.45, 2.75) is 52.6 Å². The molecule has 0 radical (unpaired) electrons. The molecule has 0 spiro atoms. The molecule has 0 aromatic rings. The average Bonchev–Trinajstić information content (AvgIpc) is 2.03. The zero-order valence-electron chi connectivity index (χ0n) is 10.4. The number of rotatable bonds is 4. The summed E-state index contributed by atoms with van der Waals surface area (Å²) >= 11 is 0. The van der Waals surface area contributed by atoms with Gasteiger partial charge in [0.25, 0.3) is 0 Å². The molecule has 0 atom stereocenters. The molecule has 84 valence electrons. The largest absolute Gasteiger partial charge is 0.394 e. The lowest BCUT2D eigenvalue weighted by Gasteiger charge is -2.62. The first kappa shape index (κ1) is 12.2. The third-order valence-corrected chi connectivity index (χ3v) is 9.51. The maximum atomic E-state index is 5.97. The Labute approximate surface area is 89.2 Å². The van der Waals surface area contributed by atoms with Gasteiger partial charge in [0, 0.05) is 18.3 Å². The first-order valence-corrected chi connectivity index (χ1v) is 7.63. The third kappa shape index (κ3) is 1.46. The van der Waals surface area contributed by atoms with Gasteiger partial charge in [-0.3, -0.25) is 0 Å². The monoisotopic (exact) mass is 216 g/mol. The van der Waals surface area contributed by atoms with Crippen molar-refractivity contribution in [3.05, 3.63) is 0 Å². The summed E-state index contributed by atoms with van der Waals surface area (Å²) < 4.78 is 11.9. The predicted molar refractivity (Wildman–Crippen MR) is 61.6 cm³/mol. The zero-order chi connectivity index (χ0) is 11.0. The highest BCUT2D eigenvalue weighted by atomic mass is 28.4. The van der Waals surface area contributed by atoms with Crippen LogP contribution in [0.5, 0.6) is 0 Å². The second-order valence-electron chi connectivity index (χ2n) is 5.30. The van der Waals surface area contributed by atoms with E-state index >= 15 is 0 Å². The number of hydrogen-bond donors (Lipinski definition) is 0. The minimum Gasteiger partial charge on any atom is -0.394 e. The minimum absolute atomic E-state index is 0.228. The van der Waals surface area contributed by atoms with Crippen LogP contribution in [0.4, 0.5) is 0 Å². The second-order valence-corrected chi connectivity index (χ2v) is 8.99. The van der Waals surface area contributed by atoms with Gasteiger partial charge in [0.05, 0.1) is 0 Å². The molecule has 0 unspecified atom stereocenters. The fourth-order valence-corrected chi connectivity index (χ4v) is 7.21. The van der Waals surface area contributed by atoms with Gasteiger partial charge in [0.15, 0.2) is 0 Å². The van der Waals surface area contributed by atoms with Gasteiger partial charge in [-0.25, -0.2) is 0 Å². The highest BCUT2D eigenvalue weighted by Crippen LogP contribution is 2.67. The molecule has 0 N–H and O–H groups in total. The van der Waals surface area contributed by atoms with Crippen molar-refractivity contribution in [3.63, 3.8) is 0 Å². The van der Waals surface area contributed by atoms with Crippen molar-refractivity contribution in [1.82, 2.24) is 0 Å². The van der Waals surface area contributed by atoms with Gasteiger partial charge in [-0.15, -0.1) is 0 Å². The van der Waals surface area contributed by atoms with Crippen LogP contribution in [0.3, 0.4) is 0 Å². The summed E-state index contributed by atoms with van der Waals surface area (Å²) in [6.07, 6.45) is 0. The van der Waals surface area contributed by atoms with E-state index in [4.69, 9.17) is 8.85 Å². The topological polar surface area (TPSA) is 18.5 Å². The van der Waals surface area contributed by atoms with Crippen molar-refractivity contribution in [2.75, 3.05) is 13.2 Å². The van der Waals surface area contributed by atoms with Crippen LogP contribution in [0.2, 0.25) is 11.1 Å². The molecule has 1 saturated heterocycles. The summed E-state index contributed by atoms with van der Waals surface area (Å²) in [7, 11) is -1.91. The molecule has 1 aliphatic rings. The Morgan fingerprint density at radius 3 is 1.64 bits per heavy atom. The Morgan fingerprint density at radius 1 is 1.00 bits per heavy atom. The molecule has 0 bridgehead atoms. The van der Waals surface area contributed by atoms with Crippen molar-refractivity contribution in [2.24, 2.45) is 5.41 Å². The van der Waals surface area contributed by atoms with Gasteiger partial charge in [0.1, 0.15) is 0 Å². The summed E-state index contributed by atoms with van der Waals surface area (Å²) in [5.41, 5.74) is 0.365. The summed E-state index contributed by atoms with van der Waals surface area (Å²) in [6.45, 7) is 14.9. The van der Waals surface area contributed by atoms with E-state index in [9.17, 15) is 0 Å². The van der Waals surface area contributed by atoms with Crippen LogP contribution in [-0.4, -0.2) is 21.8 Å². The van der Waals surface area contributed by atoms with Crippen LogP contribution in [0, 0.1) is 5.41 Å². The SMILES string of the molecule is CCO[Si]1(OCC)CC(C)(C)C1(C)C. The fourth-order valence-electron chi connectivity index (χ4n) is 2.40. The van der Waals surface area contributed by atoms with Crippen molar-refractivity contribution in [1.29, 1.82) is 0 Å². The Morgan fingerprint density at radius 2 is 1.43 bits per heavy atom. The summed E-state index contributed by atoms with van der Waals surface area (Å²) in [5.74, 6) is 0. The molecule has 1 heterocycles. The van der Waals surface area contributed by atoms with E-state index in [1.54, 1.807) is 0 Å². The minimum atomic E-state index is -1.91. The zero-order valence-corrected chi connectivity index (χ0v) is 11.4. The molecule has 0 aromatic carbocycles. The van der Waals surface area contributed by atoms with Crippen LogP contribution in [0.25, 0.3) is 0 Å². The maximum absolute atomic E-state index is 5.97. The molecule has 1 fully saturated rings. The van der Waals surface area contributed by atoms with Gasteiger partial charge in [0.2, 0.25) is 0 Å². The normalized spacial score (nSPS) is 27.0. The summed E-state index contributed by atoms with van der Waals surface area (Å²) in [4.78, 5) is 0.